The maximum absolute atomic E-state index is 14.2. The summed E-state index contributed by atoms with van der Waals surface area (Å²) in [6.45, 7) is 10.4. The molecule has 2 atom stereocenters. The molecular formula is C31H39F3N2O5. The van der Waals surface area contributed by atoms with Gasteiger partial charge < -0.3 is 18.8 Å². The molecule has 7 nitrogen and oxygen atoms in total. The normalized spacial score (nSPS) is 16.8. The average Bonchev–Trinajstić information content (AvgIpc) is 3.25. The lowest BCUT2D eigenvalue weighted by molar-refractivity contribution is -0.164. The second-order valence-electron chi connectivity index (χ2n) is 12.2. The Morgan fingerprint density at radius 1 is 1.02 bits per heavy atom. The summed E-state index contributed by atoms with van der Waals surface area (Å²) in [5.41, 5.74) is 1.42. The summed E-state index contributed by atoms with van der Waals surface area (Å²) in [5.74, 6) is -0.517. The molecule has 0 bridgehead atoms. The summed E-state index contributed by atoms with van der Waals surface area (Å²) >= 11 is 0. The van der Waals surface area contributed by atoms with Gasteiger partial charge >= 0.3 is 18.2 Å². The molecule has 224 valence electrons. The van der Waals surface area contributed by atoms with Crippen molar-refractivity contribution in [2.75, 3.05) is 20.2 Å². The van der Waals surface area contributed by atoms with Gasteiger partial charge in [-0.2, -0.15) is 13.2 Å². The second kappa shape index (κ2) is 11.9. The van der Waals surface area contributed by atoms with Gasteiger partial charge in [0.25, 0.3) is 0 Å². The number of fused-ring (bicyclic) bond motifs is 3. The number of benzene rings is 2. The van der Waals surface area contributed by atoms with Gasteiger partial charge in [-0.25, -0.2) is 4.79 Å². The number of amides is 1. The molecule has 1 aromatic heterocycles. The zero-order chi connectivity index (χ0) is 30.1. The highest BCUT2D eigenvalue weighted by Crippen LogP contribution is 2.39. The van der Waals surface area contributed by atoms with Crippen molar-refractivity contribution in [3.05, 3.63) is 47.5 Å². The van der Waals surface area contributed by atoms with Crippen LogP contribution in [0.25, 0.3) is 21.9 Å². The fraction of sp³-hybridized carbons (Fsp3) is 0.548. The first-order chi connectivity index (χ1) is 19.2. The lowest BCUT2D eigenvalue weighted by atomic mass is 9.88. The molecule has 0 aliphatic carbocycles. The van der Waals surface area contributed by atoms with E-state index in [1.807, 2.05) is 52.8 Å². The molecule has 3 aromatic rings. The van der Waals surface area contributed by atoms with Gasteiger partial charge in [0.2, 0.25) is 0 Å². The van der Waals surface area contributed by atoms with Gasteiger partial charge in [0.05, 0.1) is 7.11 Å². The number of ether oxygens (including phenoxy) is 2. The minimum absolute atomic E-state index is 0.0166. The van der Waals surface area contributed by atoms with Crippen LogP contribution >= 0.6 is 0 Å². The van der Waals surface area contributed by atoms with Crippen molar-refractivity contribution in [2.24, 2.45) is 5.92 Å². The van der Waals surface area contributed by atoms with Gasteiger partial charge in [0, 0.05) is 23.9 Å². The minimum Gasteiger partial charge on any atom is -0.468 e. The number of carbonyl (C=O) groups excluding carboxylic acids is 2. The van der Waals surface area contributed by atoms with E-state index in [1.165, 1.54) is 19.2 Å². The van der Waals surface area contributed by atoms with Crippen molar-refractivity contribution in [1.82, 2.24) is 10.2 Å². The maximum Gasteiger partial charge on any atom is 0.410 e. The third-order valence-electron chi connectivity index (χ3n) is 7.36. The number of esters is 1. The van der Waals surface area contributed by atoms with Crippen LogP contribution in [0.5, 0.6) is 0 Å². The van der Waals surface area contributed by atoms with Crippen molar-refractivity contribution < 1.29 is 36.7 Å². The number of likely N-dealkylation sites (tertiary alicyclic amines) is 1. The molecule has 4 rings (SSSR count). The van der Waals surface area contributed by atoms with Gasteiger partial charge in [0.1, 0.15) is 28.9 Å². The molecule has 1 aliphatic heterocycles. The minimum atomic E-state index is -4.65. The van der Waals surface area contributed by atoms with E-state index in [0.717, 1.165) is 23.8 Å². The molecule has 0 radical (unpaired) electrons. The molecule has 0 unspecified atom stereocenters. The smallest absolute Gasteiger partial charge is 0.410 e. The SMILES string of the molecule is COC(=O)[C@H](CC(C)C)N[C@@H](c1ccc2c(c1)oc1ccc(C3CCN(C(=O)OC(C)(C)C)CC3)cc12)C(F)(F)F. The predicted molar refractivity (Wildman–Crippen MR) is 151 cm³/mol. The second-order valence-corrected chi connectivity index (χ2v) is 12.2. The number of furan rings is 1. The van der Waals surface area contributed by atoms with Crippen molar-refractivity contribution >= 4 is 34.0 Å². The van der Waals surface area contributed by atoms with Crippen LogP contribution in [0.1, 0.15) is 77.0 Å². The molecule has 0 spiro atoms. The number of hydrogen-bond donors (Lipinski definition) is 1. The topological polar surface area (TPSA) is 81.0 Å². The number of nitrogens with one attached hydrogen (secondary N) is 1. The number of rotatable bonds is 7. The van der Waals surface area contributed by atoms with Crippen molar-refractivity contribution in [3.8, 4) is 0 Å². The molecule has 2 heterocycles. The highest BCUT2D eigenvalue weighted by Gasteiger charge is 2.43. The monoisotopic (exact) mass is 576 g/mol. The zero-order valence-corrected chi connectivity index (χ0v) is 24.4. The number of alkyl halides is 3. The van der Waals surface area contributed by atoms with Crippen LogP contribution in [0.3, 0.4) is 0 Å². The van der Waals surface area contributed by atoms with E-state index in [0.29, 0.717) is 29.6 Å². The number of piperidine rings is 1. The number of methoxy groups -OCH3 is 1. The van der Waals surface area contributed by atoms with E-state index in [9.17, 15) is 22.8 Å². The maximum atomic E-state index is 14.2. The first kappa shape index (κ1) is 30.7. The van der Waals surface area contributed by atoms with E-state index in [2.05, 4.69) is 5.32 Å². The molecule has 0 saturated carbocycles. The Hall–Kier alpha value is -3.27. The first-order valence-corrected chi connectivity index (χ1v) is 14.0. The first-order valence-electron chi connectivity index (χ1n) is 14.0. The fourth-order valence-corrected chi connectivity index (χ4v) is 5.39. The Morgan fingerprint density at radius 2 is 1.71 bits per heavy atom. The van der Waals surface area contributed by atoms with Crippen LogP contribution in [0.15, 0.2) is 40.8 Å². The van der Waals surface area contributed by atoms with Crippen LogP contribution in [0.4, 0.5) is 18.0 Å². The van der Waals surface area contributed by atoms with Gasteiger partial charge in [-0.15, -0.1) is 0 Å². The average molecular weight is 577 g/mol. The Bertz CT molecular complexity index is 1380. The number of hydrogen-bond acceptors (Lipinski definition) is 6. The molecule has 1 aliphatic rings. The summed E-state index contributed by atoms with van der Waals surface area (Å²) in [6.07, 6.45) is -3.20. The van der Waals surface area contributed by atoms with Gasteiger partial charge in [-0.1, -0.05) is 32.0 Å². The Morgan fingerprint density at radius 3 is 2.29 bits per heavy atom. The Labute approximate surface area is 238 Å². The predicted octanol–water partition coefficient (Wildman–Crippen LogP) is 7.48. The molecule has 1 amide bonds. The van der Waals surface area contributed by atoms with E-state index < -0.39 is 29.8 Å². The largest absolute Gasteiger partial charge is 0.468 e. The van der Waals surface area contributed by atoms with E-state index >= 15 is 0 Å². The lowest BCUT2D eigenvalue weighted by Gasteiger charge is -2.33. The summed E-state index contributed by atoms with van der Waals surface area (Å²) < 4.78 is 58.9. The van der Waals surface area contributed by atoms with Crippen LogP contribution in [0.2, 0.25) is 0 Å². The van der Waals surface area contributed by atoms with Crippen LogP contribution in [-0.2, 0) is 14.3 Å². The van der Waals surface area contributed by atoms with Crippen molar-refractivity contribution in [1.29, 1.82) is 0 Å². The molecule has 1 fully saturated rings. The lowest BCUT2D eigenvalue weighted by Crippen LogP contribution is -2.45. The third-order valence-corrected chi connectivity index (χ3v) is 7.36. The third kappa shape index (κ3) is 7.33. The van der Waals surface area contributed by atoms with Crippen LogP contribution in [-0.4, -0.2) is 55.0 Å². The summed E-state index contributed by atoms with van der Waals surface area (Å²) in [7, 11) is 1.17. The molecule has 41 heavy (non-hydrogen) atoms. The van der Waals surface area contributed by atoms with Crippen molar-refractivity contribution in [3.63, 3.8) is 0 Å². The molecule has 1 saturated heterocycles. The van der Waals surface area contributed by atoms with E-state index in [1.54, 1.807) is 11.0 Å². The van der Waals surface area contributed by atoms with Gasteiger partial charge in [-0.3, -0.25) is 10.1 Å². The fourth-order valence-electron chi connectivity index (χ4n) is 5.39. The molecule has 10 heteroatoms. The Kier molecular flexibility index (Phi) is 8.92. The van der Waals surface area contributed by atoms with E-state index in [-0.39, 0.29) is 29.9 Å². The number of nitrogens with zero attached hydrogens (tertiary/aromatic N) is 1. The highest BCUT2D eigenvalue weighted by atomic mass is 19.4. The number of carbonyl (C=O) groups is 2. The van der Waals surface area contributed by atoms with Crippen LogP contribution < -0.4 is 5.32 Å². The van der Waals surface area contributed by atoms with E-state index in [4.69, 9.17) is 13.9 Å². The summed E-state index contributed by atoms with van der Waals surface area (Å²) in [5, 5.41) is 4.02. The standard InChI is InChI=1S/C31H39F3N2O5/c1-18(2)15-24(28(37)39-6)35-27(31(32,33)34)21-7-9-22-23-16-20(8-10-25(23)40-26(22)17-21)19-11-13-36(14-12-19)29(38)41-30(3,4)5/h7-10,16-19,24,27,35H,11-15H2,1-6H3/t24-,27-/m0/s1. The molecule has 1 N–H and O–H groups in total. The Balaban J connectivity index is 1.57. The summed E-state index contributed by atoms with van der Waals surface area (Å²) in [4.78, 5) is 26.4. The van der Waals surface area contributed by atoms with Crippen molar-refractivity contribution in [2.45, 2.75) is 83.7 Å². The molecule has 2 aromatic carbocycles. The highest BCUT2D eigenvalue weighted by molar-refractivity contribution is 6.05. The zero-order valence-electron chi connectivity index (χ0n) is 24.4. The number of halogens is 3. The quantitative estimate of drug-likeness (QED) is 0.294. The van der Waals surface area contributed by atoms with Gasteiger partial charge in [-0.05, 0) is 81.2 Å². The van der Waals surface area contributed by atoms with Crippen LogP contribution in [0, 0.1) is 5.92 Å². The molecular weight excluding hydrogens is 537 g/mol. The summed E-state index contributed by atoms with van der Waals surface area (Å²) in [6, 6.07) is 7.13. The van der Waals surface area contributed by atoms with Gasteiger partial charge in [0.15, 0.2) is 0 Å².